The molecule has 1 unspecified atom stereocenters. The Balaban J connectivity index is 1.77. The van der Waals surface area contributed by atoms with Gasteiger partial charge in [-0.05, 0) is 56.5 Å². The first kappa shape index (κ1) is 17.9. The number of halogens is 1. The molecular formula is C18H27FN2O2. The Bertz CT molecular complexity index is 498. The third kappa shape index (κ3) is 5.01. The summed E-state index contributed by atoms with van der Waals surface area (Å²) in [5, 5.41) is 10.4. The van der Waals surface area contributed by atoms with Crippen LogP contribution in [0.3, 0.4) is 0 Å². The first-order valence-corrected chi connectivity index (χ1v) is 8.41. The fourth-order valence-electron chi connectivity index (χ4n) is 3.05. The van der Waals surface area contributed by atoms with Gasteiger partial charge in [0.25, 0.3) is 0 Å². The summed E-state index contributed by atoms with van der Waals surface area (Å²) in [6, 6.07) is 6.10. The molecular weight excluding hydrogens is 295 g/mol. The highest BCUT2D eigenvalue weighted by Crippen LogP contribution is 2.30. The topological polar surface area (TPSA) is 43.8 Å². The van der Waals surface area contributed by atoms with E-state index in [1.165, 1.54) is 12.1 Å². The molecule has 2 rings (SSSR count). The Morgan fingerprint density at radius 1 is 1.35 bits per heavy atom. The van der Waals surface area contributed by atoms with Crippen molar-refractivity contribution >= 4 is 5.91 Å². The average Bonchev–Trinajstić information content (AvgIpc) is 2.59. The predicted octanol–water partition coefficient (Wildman–Crippen LogP) is 2.44. The van der Waals surface area contributed by atoms with Crippen molar-refractivity contribution in [1.29, 1.82) is 0 Å². The van der Waals surface area contributed by atoms with Crippen LogP contribution in [-0.4, -0.2) is 54.0 Å². The van der Waals surface area contributed by atoms with Crippen molar-refractivity contribution in [2.75, 3.05) is 33.2 Å². The summed E-state index contributed by atoms with van der Waals surface area (Å²) in [7, 11) is 1.83. The van der Waals surface area contributed by atoms with Gasteiger partial charge < -0.3 is 14.9 Å². The summed E-state index contributed by atoms with van der Waals surface area (Å²) in [5.41, 5.74) is 0.782. The zero-order valence-corrected chi connectivity index (χ0v) is 14.0. The largest absolute Gasteiger partial charge is 0.388 e. The Morgan fingerprint density at radius 2 is 1.96 bits per heavy atom. The molecule has 0 radical (unpaired) electrons. The van der Waals surface area contributed by atoms with E-state index < -0.39 is 6.10 Å². The van der Waals surface area contributed by atoms with Gasteiger partial charge in [-0.3, -0.25) is 4.79 Å². The van der Waals surface area contributed by atoms with Gasteiger partial charge in [0.05, 0.1) is 6.10 Å². The lowest BCUT2D eigenvalue weighted by Crippen LogP contribution is -2.38. The number of likely N-dealkylation sites (tertiary alicyclic amines) is 1. The molecule has 1 heterocycles. The molecule has 1 aliphatic rings. The van der Waals surface area contributed by atoms with Gasteiger partial charge in [0.15, 0.2) is 0 Å². The maximum Gasteiger partial charge on any atom is 0.223 e. The first-order chi connectivity index (χ1) is 11.0. The second-order valence-electron chi connectivity index (χ2n) is 6.33. The Kier molecular flexibility index (Phi) is 6.54. The molecule has 1 N–H and O–H groups in total. The molecule has 5 heteroatoms. The number of hydrogen-bond acceptors (Lipinski definition) is 3. The smallest absolute Gasteiger partial charge is 0.223 e. The lowest BCUT2D eigenvalue weighted by Gasteiger charge is -2.34. The number of amides is 1. The van der Waals surface area contributed by atoms with Crippen molar-refractivity contribution in [2.45, 2.75) is 32.3 Å². The number of piperidine rings is 1. The normalized spacial score (nSPS) is 17.9. The molecule has 0 saturated carbocycles. The highest BCUT2D eigenvalue weighted by molar-refractivity contribution is 5.75. The van der Waals surface area contributed by atoms with Crippen LogP contribution in [0.4, 0.5) is 4.39 Å². The van der Waals surface area contributed by atoms with E-state index >= 15 is 0 Å². The van der Waals surface area contributed by atoms with E-state index in [-0.39, 0.29) is 17.6 Å². The van der Waals surface area contributed by atoms with Gasteiger partial charge >= 0.3 is 0 Å². The van der Waals surface area contributed by atoms with Crippen LogP contribution in [0.15, 0.2) is 24.3 Å². The van der Waals surface area contributed by atoms with E-state index in [4.69, 9.17) is 0 Å². The molecule has 0 bridgehead atoms. The molecule has 0 aromatic heterocycles. The first-order valence-electron chi connectivity index (χ1n) is 8.41. The minimum Gasteiger partial charge on any atom is -0.388 e. The maximum absolute atomic E-state index is 13.0. The number of nitrogens with zero attached hydrogens (tertiary/aromatic N) is 2. The summed E-state index contributed by atoms with van der Waals surface area (Å²) in [4.78, 5) is 15.9. The number of aliphatic hydroxyl groups excluding tert-OH is 1. The van der Waals surface area contributed by atoms with Gasteiger partial charge in [0.1, 0.15) is 5.82 Å². The van der Waals surface area contributed by atoms with Gasteiger partial charge in [-0.25, -0.2) is 4.39 Å². The summed E-state index contributed by atoms with van der Waals surface area (Å²) in [6.45, 7) is 5.28. The second-order valence-corrected chi connectivity index (χ2v) is 6.33. The molecule has 1 saturated heterocycles. The van der Waals surface area contributed by atoms with Crippen LogP contribution in [0.5, 0.6) is 0 Å². The van der Waals surface area contributed by atoms with E-state index in [2.05, 4.69) is 4.90 Å². The van der Waals surface area contributed by atoms with Gasteiger partial charge in [0.2, 0.25) is 5.91 Å². The maximum atomic E-state index is 13.0. The molecule has 0 aliphatic carbocycles. The summed E-state index contributed by atoms with van der Waals surface area (Å²) < 4.78 is 13.0. The van der Waals surface area contributed by atoms with Crippen molar-refractivity contribution in [3.8, 4) is 0 Å². The quantitative estimate of drug-likeness (QED) is 0.875. The molecule has 4 nitrogen and oxygen atoms in total. The molecule has 128 valence electrons. The standard InChI is InChI=1S/C18H27FN2O2/c1-3-20(2)17(22)10-13-21-11-8-15(9-12-21)18(23)14-4-6-16(19)7-5-14/h4-7,15,18,23H,3,8-13H2,1-2H3. The Morgan fingerprint density at radius 3 is 2.52 bits per heavy atom. The second kappa shape index (κ2) is 8.41. The summed E-state index contributed by atoms with van der Waals surface area (Å²) >= 11 is 0. The summed E-state index contributed by atoms with van der Waals surface area (Å²) in [6.07, 6.45) is 1.81. The van der Waals surface area contributed by atoms with Crippen LogP contribution in [0.1, 0.15) is 37.9 Å². The van der Waals surface area contributed by atoms with E-state index in [9.17, 15) is 14.3 Å². The fourth-order valence-corrected chi connectivity index (χ4v) is 3.05. The fraction of sp³-hybridized carbons (Fsp3) is 0.611. The molecule has 1 aromatic rings. The van der Waals surface area contributed by atoms with Crippen LogP contribution in [-0.2, 0) is 4.79 Å². The average molecular weight is 322 g/mol. The van der Waals surface area contributed by atoms with Crippen LogP contribution in [0, 0.1) is 11.7 Å². The minimum absolute atomic E-state index is 0.181. The van der Waals surface area contributed by atoms with Crippen molar-refractivity contribution in [2.24, 2.45) is 5.92 Å². The molecule has 1 amide bonds. The van der Waals surface area contributed by atoms with E-state index in [1.807, 2.05) is 14.0 Å². The third-order valence-electron chi connectivity index (χ3n) is 4.83. The van der Waals surface area contributed by atoms with Crippen LogP contribution in [0.25, 0.3) is 0 Å². The number of carbonyl (C=O) groups is 1. The third-order valence-corrected chi connectivity index (χ3v) is 4.83. The Labute approximate surface area is 137 Å². The lowest BCUT2D eigenvalue weighted by molar-refractivity contribution is -0.130. The SMILES string of the molecule is CCN(C)C(=O)CCN1CCC(C(O)c2ccc(F)cc2)CC1. The number of benzene rings is 1. The lowest BCUT2D eigenvalue weighted by atomic mass is 9.87. The van der Waals surface area contributed by atoms with Crippen LogP contribution < -0.4 is 0 Å². The van der Waals surface area contributed by atoms with Crippen molar-refractivity contribution in [3.63, 3.8) is 0 Å². The number of aliphatic hydroxyl groups is 1. The van der Waals surface area contributed by atoms with Crippen molar-refractivity contribution in [1.82, 2.24) is 9.80 Å². The van der Waals surface area contributed by atoms with Gasteiger partial charge in [0, 0.05) is 26.6 Å². The van der Waals surface area contributed by atoms with E-state index in [0.29, 0.717) is 6.42 Å². The number of carbonyl (C=O) groups excluding carboxylic acids is 1. The zero-order valence-electron chi connectivity index (χ0n) is 14.0. The predicted molar refractivity (Wildman–Crippen MR) is 88.5 cm³/mol. The minimum atomic E-state index is -0.536. The molecule has 23 heavy (non-hydrogen) atoms. The molecule has 1 aromatic carbocycles. The highest BCUT2D eigenvalue weighted by atomic mass is 19.1. The highest BCUT2D eigenvalue weighted by Gasteiger charge is 2.26. The zero-order chi connectivity index (χ0) is 16.8. The van der Waals surface area contributed by atoms with E-state index in [0.717, 1.165) is 44.6 Å². The summed E-state index contributed by atoms with van der Waals surface area (Å²) in [5.74, 6) is 0.101. The van der Waals surface area contributed by atoms with Crippen LogP contribution in [0.2, 0.25) is 0 Å². The number of hydrogen-bond donors (Lipinski definition) is 1. The number of rotatable bonds is 6. The van der Waals surface area contributed by atoms with E-state index in [1.54, 1.807) is 17.0 Å². The molecule has 1 aliphatic heterocycles. The molecule has 1 fully saturated rings. The molecule has 1 atom stereocenters. The monoisotopic (exact) mass is 322 g/mol. The van der Waals surface area contributed by atoms with Gasteiger partial charge in [-0.1, -0.05) is 12.1 Å². The van der Waals surface area contributed by atoms with Gasteiger partial charge in [-0.2, -0.15) is 0 Å². The molecule has 0 spiro atoms. The Hall–Kier alpha value is -1.46. The van der Waals surface area contributed by atoms with Crippen molar-refractivity contribution in [3.05, 3.63) is 35.6 Å². The van der Waals surface area contributed by atoms with Crippen LogP contribution >= 0.6 is 0 Å². The van der Waals surface area contributed by atoms with Crippen molar-refractivity contribution < 1.29 is 14.3 Å². The van der Waals surface area contributed by atoms with Gasteiger partial charge in [-0.15, -0.1) is 0 Å².